The predicted octanol–water partition coefficient (Wildman–Crippen LogP) is 7.96. The Morgan fingerprint density at radius 3 is 1.81 bits per heavy atom. The van der Waals surface area contributed by atoms with Crippen molar-refractivity contribution < 1.29 is 33.3 Å². The Morgan fingerprint density at radius 1 is 0.667 bits per heavy atom. The zero-order valence-corrected chi connectivity index (χ0v) is 27.3. The average molecular weight is 646 g/mol. The highest BCUT2D eigenvalue weighted by Crippen LogP contribution is 2.28. The Hall–Kier alpha value is -5.63. The van der Waals surface area contributed by atoms with Gasteiger partial charge >= 0.3 is 18.0 Å². The smallest absolute Gasteiger partial charge is 0.408 e. The maximum Gasteiger partial charge on any atom is 0.408 e. The molecule has 5 rings (SSSR count). The van der Waals surface area contributed by atoms with Gasteiger partial charge in [-0.25, -0.2) is 14.4 Å². The maximum absolute atomic E-state index is 13.5. The molecule has 1 amide bonds. The first kappa shape index (κ1) is 33.7. The van der Waals surface area contributed by atoms with E-state index in [0.717, 1.165) is 22.1 Å². The summed E-state index contributed by atoms with van der Waals surface area (Å²) >= 11 is 0. The van der Waals surface area contributed by atoms with Gasteiger partial charge in [-0.3, -0.25) is 0 Å². The molecule has 0 saturated carbocycles. The van der Waals surface area contributed by atoms with E-state index < -0.39 is 29.7 Å². The summed E-state index contributed by atoms with van der Waals surface area (Å²) in [7, 11) is 0. The van der Waals surface area contributed by atoms with E-state index in [1.807, 2.05) is 109 Å². The van der Waals surface area contributed by atoms with Crippen LogP contribution in [0.4, 0.5) is 4.79 Å². The number of carbonyl (C=O) groups excluding carboxylic acids is 3. The van der Waals surface area contributed by atoms with E-state index in [1.165, 1.54) is 0 Å². The Balaban J connectivity index is 1.45. The molecule has 48 heavy (non-hydrogen) atoms. The number of hydrogen-bond acceptors (Lipinski definition) is 7. The number of benzene rings is 5. The number of rotatable bonds is 12. The van der Waals surface area contributed by atoms with Crippen LogP contribution in [0.1, 0.15) is 53.4 Å². The SMILES string of the molecule is CC(C)(C)OC(=O)N[C@@H](Cc1cc(C(=O)OCc2ccccc2)cc2cc(OCc3ccccc3)ccc12)C(=O)OCc1ccccc1. The standard InChI is InChI=1S/C40H39NO7/c1-40(2,3)48-39(44)41-36(38(43)47-27-30-17-11-6-12-18-30)24-32-22-33(37(42)46-26-29-15-9-5-10-16-29)21-31-23-34(19-20-35(31)32)45-25-28-13-7-4-8-14-28/h4-23,36H,24-27H2,1-3H3,(H,41,44)/t36-/m0/s1. The highest BCUT2D eigenvalue weighted by molar-refractivity contribution is 5.98. The summed E-state index contributed by atoms with van der Waals surface area (Å²) in [6.07, 6.45) is -0.739. The van der Waals surface area contributed by atoms with E-state index in [0.29, 0.717) is 28.9 Å². The topological polar surface area (TPSA) is 100 Å². The van der Waals surface area contributed by atoms with Crippen LogP contribution in [0.3, 0.4) is 0 Å². The monoisotopic (exact) mass is 645 g/mol. The van der Waals surface area contributed by atoms with Gasteiger partial charge in [-0.05, 0) is 78.1 Å². The minimum absolute atomic E-state index is 0.0212. The van der Waals surface area contributed by atoms with Crippen molar-refractivity contribution in [3.8, 4) is 5.75 Å². The number of hydrogen-bond donors (Lipinski definition) is 1. The fraction of sp³-hybridized carbons (Fsp3) is 0.225. The van der Waals surface area contributed by atoms with Gasteiger partial charge in [0.25, 0.3) is 0 Å². The number of esters is 2. The van der Waals surface area contributed by atoms with Crippen LogP contribution in [-0.2, 0) is 45.2 Å². The van der Waals surface area contributed by atoms with Gasteiger partial charge < -0.3 is 24.3 Å². The third-order valence-corrected chi connectivity index (χ3v) is 7.33. The zero-order valence-electron chi connectivity index (χ0n) is 27.3. The molecular formula is C40H39NO7. The third-order valence-electron chi connectivity index (χ3n) is 7.33. The van der Waals surface area contributed by atoms with Gasteiger partial charge in [0, 0.05) is 6.42 Å². The highest BCUT2D eigenvalue weighted by Gasteiger charge is 2.27. The summed E-state index contributed by atoms with van der Waals surface area (Å²) in [5.74, 6) is -0.559. The summed E-state index contributed by atoms with van der Waals surface area (Å²) in [6.45, 7) is 5.72. The van der Waals surface area contributed by atoms with Crippen LogP contribution < -0.4 is 10.1 Å². The van der Waals surface area contributed by atoms with E-state index in [2.05, 4.69) is 5.32 Å². The molecule has 0 saturated heterocycles. The van der Waals surface area contributed by atoms with Crippen LogP contribution in [0, 0.1) is 0 Å². The van der Waals surface area contributed by atoms with Gasteiger partial charge in [-0.2, -0.15) is 0 Å². The Labute approximate surface area is 280 Å². The number of fused-ring (bicyclic) bond motifs is 1. The van der Waals surface area contributed by atoms with Crippen molar-refractivity contribution in [2.24, 2.45) is 0 Å². The number of nitrogens with one attached hydrogen (secondary N) is 1. The molecule has 8 heteroatoms. The van der Waals surface area contributed by atoms with Crippen LogP contribution in [-0.4, -0.2) is 29.7 Å². The lowest BCUT2D eigenvalue weighted by atomic mass is 9.95. The molecule has 5 aromatic carbocycles. The van der Waals surface area contributed by atoms with E-state index in [1.54, 1.807) is 32.9 Å². The van der Waals surface area contributed by atoms with Crippen LogP contribution in [0.15, 0.2) is 121 Å². The second kappa shape index (κ2) is 15.8. The summed E-state index contributed by atoms with van der Waals surface area (Å²) in [5, 5.41) is 4.17. The lowest BCUT2D eigenvalue weighted by Crippen LogP contribution is -2.45. The zero-order chi connectivity index (χ0) is 33.9. The van der Waals surface area contributed by atoms with Gasteiger partial charge in [0.15, 0.2) is 0 Å². The van der Waals surface area contributed by atoms with Crippen LogP contribution in [0.5, 0.6) is 5.75 Å². The summed E-state index contributed by atoms with van der Waals surface area (Å²) in [4.78, 5) is 39.8. The molecule has 5 aromatic rings. The van der Waals surface area contributed by atoms with Crippen LogP contribution in [0.25, 0.3) is 10.8 Å². The van der Waals surface area contributed by atoms with Gasteiger partial charge in [-0.15, -0.1) is 0 Å². The second-order valence-electron chi connectivity index (χ2n) is 12.4. The molecular weight excluding hydrogens is 606 g/mol. The number of ether oxygens (including phenoxy) is 4. The quantitative estimate of drug-likeness (QED) is 0.109. The van der Waals surface area contributed by atoms with Gasteiger partial charge in [0.05, 0.1) is 5.56 Å². The van der Waals surface area contributed by atoms with E-state index in [9.17, 15) is 14.4 Å². The van der Waals surface area contributed by atoms with Crippen molar-refractivity contribution in [1.82, 2.24) is 5.32 Å². The predicted molar refractivity (Wildman–Crippen MR) is 183 cm³/mol. The second-order valence-corrected chi connectivity index (χ2v) is 12.4. The molecule has 1 atom stereocenters. The maximum atomic E-state index is 13.5. The van der Waals surface area contributed by atoms with Crippen molar-refractivity contribution in [2.45, 2.75) is 58.7 Å². The lowest BCUT2D eigenvalue weighted by molar-refractivity contribution is -0.147. The fourth-order valence-electron chi connectivity index (χ4n) is 5.04. The molecule has 0 fully saturated rings. The molecule has 0 radical (unpaired) electrons. The molecule has 0 aromatic heterocycles. The van der Waals surface area contributed by atoms with Crippen molar-refractivity contribution in [3.63, 3.8) is 0 Å². The first-order valence-corrected chi connectivity index (χ1v) is 15.8. The van der Waals surface area contributed by atoms with E-state index >= 15 is 0 Å². The molecule has 246 valence electrons. The molecule has 1 N–H and O–H groups in total. The first-order chi connectivity index (χ1) is 23.1. The van der Waals surface area contributed by atoms with Gasteiger partial charge in [0.2, 0.25) is 0 Å². The number of carbonyl (C=O) groups is 3. The summed E-state index contributed by atoms with van der Waals surface area (Å²) in [5.41, 5.74) is 2.81. The minimum Gasteiger partial charge on any atom is -0.489 e. The van der Waals surface area contributed by atoms with Crippen molar-refractivity contribution in [2.75, 3.05) is 0 Å². The molecule has 8 nitrogen and oxygen atoms in total. The average Bonchev–Trinajstić information content (AvgIpc) is 3.08. The van der Waals surface area contributed by atoms with Gasteiger partial charge in [-0.1, -0.05) is 97.1 Å². The first-order valence-electron chi connectivity index (χ1n) is 15.8. The van der Waals surface area contributed by atoms with Crippen molar-refractivity contribution >= 4 is 28.8 Å². The molecule has 0 heterocycles. The van der Waals surface area contributed by atoms with E-state index in [4.69, 9.17) is 18.9 Å². The Morgan fingerprint density at radius 2 is 1.23 bits per heavy atom. The number of amides is 1. The van der Waals surface area contributed by atoms with E-state index in [-0.39, 0.29) is 19.6 Å². The lowest BCUT2D eigenvalue weighted by Gasteiger charge is -2.23. The molecule has 0 bridgehead atoms. The molecule has 0 unspecified atom stereocenters. The molecule has 0 aliphatic rings. The van der Waals surface area contributed by atoms with Crippen LogP contribution in [0.2, 0.25) is 0 Å². The normalized spacial score (nSPS) is 11.7. The largest absolute Gasteiger partial charge is 0.489 e. The summed E-state index contributed by atoms with van der Waals surface area (Å²) < 4.78 is 22.9. The van der Waals surface area contributed by atoms with Gasteiger partial charge in [0.1, 0.15) is 37.2 Å². The van der Waals surface area contributed by atoms with Crippen molar-refractivity contribution in [1.29, 1.82) is 0 Å². The highest BCUT2D eigenvalue weighted by atomic mass is 16.6. The third kappa shape index (κ3) is 9.93. The minimum atomic E-state index is -1.11. The van der Waals surface area contributed by atoms with Crippen LogP contribution >= 0.6 is 0 Å². The molecule has 0 spiro atoms. The summed E-state index contributed by atoms with van der Waals surface area (Å²) in [6, 6.07) is 36.4. The molecule has 0 aliphatic heterocycles. The molecule has 0 aliphatic carbocycles. The number of alkyl carbamates (subject to hydrolysis) is 1. The Kier molecular flexibility index (Phi) is 11.1. The van der Waals surface area contributed by atoms with Crippen molar-refractivity contribution in [3.05, 3.63) is 149 Å². The fourth-order valence-corrected chi connectivity index (χ4v) is 5.04. The Bertz CT molecular complexity index is 1830.